The van der Waals surface area contributed by atoms with Gasteiger partial charge in [0.15, 0.2) is 0 Å². The van der Waals surface area contributed by atoms with E-state index in [1.807, 2.05) is 36.4 Å². The van der Waals surface area contributed by atoms with E-state index in [-0.39, 0.29) is 18.9 Å². The van der Waals surface area contributed by atoms with Crippen molar-refractivity contribution in [1.82, 2.24) is 20.1 Å². The third kappa shape index (κ3) is 3.69. The molecule has 8 heteroatoms. The Balaban J connectivity index is 1.44. The fourth-order valence-electron chi connectivity index (χ4n) is 3.67. The number of hydrogen-bond donors (Lipinski definition) is 2. The molecule has 1 aliphatic rings. The fraction of sp³-hybridized carbons (Fsp3) is 0.238. The Labute approximate surface area is 167 Å². The molecule has 2 N–H and O–H groups in total. The predicted molar refractivity (Wildman–Crippen MR) is 104 cm³/mol. The minimum atomic E-state index is -1.17. The molecule has 3 aromatic rings. The van der Waals surface area contributed by atoms with E-state index in [0.717, 1.165) is 22.3 Å². The number of rotatable bonds is 6. The van der Waals surface area contributed by atoms with Gasteiger partial charge in [0.2, 0.25) is 0 Å². The highest BCUT2D eigenvalue weighted by Crippen LogP contribution is 2.44. The highest BCUT2D eigenvalue weighted by molar-refractivity contribution is 5.81. The molecule has 1 amide bonds. The van der Waals surface area contributed by atoms with Crippen molar-refractivity contribution in [3.05, 3.63) is 71.8 Å². The Morgan fingerprint density at radius 1 is 1.14 bits per heavy atom. The van der Waals surface area contributed by atoms with Crippen molar-refractivity contribution in [3.8, 4) is 11.1 Å². The van der Waals surface area contributed by atoms with Gasteiger partial charge in [0.25, 0.3) is 0 Å². The number of nitrogens with one attached hydrogen (secondary N) is 1. The van der Waals surface area contributed by atoms with Crippen LogP contribution in [0.4, 0.5) is 4.79 Å². The number of benzene rings is 2. The van der Waals surface area contributed by atoms with Crippen molar-refractivity contribution in [2.24, 2.45) is 7.05 Å². The summed E-state index contributed by atoms with van der Waals surface area (Å²) < 4.78 is 6.88. The molecule has 29 heavy (non-hydrogen) atoms. The largest absolute Gasteiger partial charge is 0.480 e. The lowest BCUT2D eigenvalue weighted by Gasteiger charge is -2.17. The molecule has 4 rings (SSSR count). The molecule has 0 bridgehead atoms. The highest BCUT2D eigenvalue weighted by atomic mass is 16.5. The fourth-order valence-corrected chi connectivity index (χ4v) is 3.67. The summed E-state index contributed by atoms with van der Waals surface area (Å²) in [5, 5.41) is 15.7. The molecular weight excluding hydrogens is 372 g/mol. The van der Waals surface area contributed by atoms with Gasteiger partial charge >= 0.3 is 12.1 Å². The number of aromatic nitrogens is 3. The van der Waals surface area contributed by atoms with Gasteiger partial charge in [-0.15, -0.1) is 0 Å². The average Bonchev–Trinajstić information content (AvgIpc) is 3.27. The second-order valence-electron chi connectivity index (χ2n) is 6.86. The molecule has 1 unspecified atom stereocenters. The van der Waals surface area contributed by atoms with E-state index in [1.165, 1.54) is 11.0 Å². The lowest BCUT2D eigenvalue weighted by molar-refractivity contribution is -0.139. The van der Waals surface area contributed by atoms with Crippen LogP contribution in [-0.4, -0.2) is 44.6 Å². The summed E-state index contributed by atoms with van der Waals surface area (Å²) in [6, 6.07) is 14.9. The van der Waals surface area contributed by atoms with Crippen molar-refractivity contribution >= 4 is 12.1 Å². The maximum Gasteiger partial charge on any atom is 0.407 e. The van der Waals surface area contributed by atoms with Crippen LogP contribution < -0.4 is 5.32 Å². The molecule has 0 radical (unpaired) electrons. The summed E-state index contributed by atoms with van der Waals surface area (Å²) in [7, 11) is 1.66. The summed E-state index contributed by atoms with van der Waals surface area (Å²) in [5.74, 6) is -0.798. The zero-order valence-corrected chi connectivity index (χ0v) is 15.8. The Morgan fingerprint density at radius 3 is 2.31 bits per heavy atom. The number of carbonyl (C=O) groups is 2. The molecule has 148 valence electrons. The summed E-state index contributed by atoms with van der Waals surface area (Å²) >= 11 is 0. The molecule has 0 saturated heterocycles. The minimum absolute atomic E-state index is 0.00995. The van der Waals surface area contributed by atoms with Gasteiger partial charge < -0.3 is 15.2 Å². The number of carboxylic acids is 1. The van der Waals surface area contributed by atoms with Crippen LogP contribution in [0, 0.1) is 0 Å². The molecular formula is C21H20N4O4. The van der Waals surface area contributed by atoms with Crippen LogP contribution in [0.25, 0.3) is 11.1 Å². The summed E-state index contributed by atoms with van der Waals surface area (Å²) in [6.07, 6.45) is 0.568. The lowest BCUT2D eigenvalue weighted by Crippen LogP contribution is -2.43. The van der Waals surface area contributed by atoms with Gasteiger partial charge in [-0.05, 0) is 22.3 Å². The van der Waals surface area contributed by atoms with Crippen molar-refractivity contribution in [1.29, 1.82) is 0 Å². The average molecular weight is 392 g/mol. The molecule has 2 aromatic carbocycles. The number of ether oxygens (including phenoxy) is 1. The van der Waals surface area contributed by atoms with E-state index < -0.39 is 18.1 Å². The predicted octanol–water partition coefficient (Wildman–Crippen LogP) is 2.35. The second kappa shape index (κ2) is 7.75. The Kier molecular flexibility index (Phi) is 4.99. The third-order valence-corrected chi connectivity index (χ3v) is 5.13. The first-order valence-corrected chi connectivity index (χ1v) is 9.21. The van der Waals surface area contributed by atoms with Crippen LogP contribution in [-0.2, 0) is 23.0 Å². The van der Waals surface area contributed by atoms with Gasteiger partial charge in [-0.3, -0.25) is 4.68 Å². The van der Waals surface area contributed by atoms with Crippen molar-refractivity contribution < 1.29 is 19.4 Å². The van der Waals surface area contributed by atoms with Crippen molar-refractivity contribution in [2.45, 2.75) is 18.4 Å². The Bertz CT molecular complexity index is 1020. The van der Waals surface area contributed by atoms with Crippen LogP contribution in [0.5, 0.6) is 0 Å². The Hall–Kier alpha value is -3.68. The lowest BCUT2D eigenvalue weighted by atomic mass is 9.98. The number of carbonyl (C=O) groups excluding carboxylic acids is 1. The number of nitrogens with zero attached hydrogens (tertiary/aromatic N) is 3. The SMILES string of the molecule is Cn1ncnc1CC(NC(=O)OCC1c2ccccc2-c2ccccc21)C(=O)O. The van der Waals surface area contributed by atoms with Crippen LogP contribution in [0.2, 0.25) is 0 Å². The van der Waals surface area contributed by atoms with E-state index in [1.54, 1.807) is 7.05 Å². The number of aryl methyl sites for hydroxylation is 1. The summed E-state index contributed by atoms with van der Waals surface area (Å²) in [5.41, 5.74) is 4.44. The van der Waals surface area contributed by atoms with E-state index in [0.29, 0.717) is 5.82 Å². The molecule has 0 saturated carbocycles. The molecule has 0 aliphatic heterocycles. The first kappa shape index (κ1) is 18.7. The first-order valence-electron chi connectivity index (χ1n) is 9.21. The van der Waals surface area contributed by atoms with Crippen LogP contribution in [0.1, 0.15) is 22.9 Å². The molecule has 8 nitrogen and oxygen atoms in total. The number of alkyl carbamates (subject to hydrolysis) is 1. The van der Waals surface area contributed by atoms with Crippen molar-refractivity contribution in [3.63, 3.8) is 0 Å². The van der Waals surface area contributed by atoms with Gasteiger partial charge in [0.05, 0.1) is 0 Å². The van der Waals surface area contributed by atoms with Gasteiger partial charge in [-0.2, -0.15) is 5.10 Å². The third-order valence-electron chi connectivity index (χ3n) is 5.13. The van der Waals surface area contributed by atoms with E-state index in [9.17, 15) is 14.7 Å². The van der Waals surface area contributed by atoms with Gasteiger partial charge in [-0.25, -0.2) is 14.6 Å². The quantitative estimate of drug-likeness (QED) is 0.667. The van der Waals surface area contributed by atoms with E-state index >= 15 is 0 Å². The molecule has 1 aliphatic carbocycles. The maximum absolute atomic E-state index is 12.3. The summed E-state index contributed by atoms with van der Waals surface area (Å²) in [6.45, 7) is 0.121. The normalized spacial score (nSPS) is 13.4. The number of hydrogen-bond acceptors (Lipinski definition) is 5. The topological polar surface area (TPSA) is 106 Å². The first-order chi connectivity index (χ1) is 14.0. The zero-order valence-electron chi connectivity index (χ0n) is 15.8. The standard InChI is InChI=1S/C21H20N4O4/c1-25-19(22-12-23-25)10-18(20(26)27)24-21(28)29-11-17-15-8-4-2-6-13(15)14-7-3-5-9-16(14)17/h2-9,12,17-18H,10-11H2,1H3,(H,24,28)(H,26,27). The molecule has 1 heterocycles. The van der Waals surface area contributed by atoms with Gasteiger partial charge in [0.1, 0.15) is 24.8 Å². The number of fused-ring (bicyclic) bond motifs is 3. The smallest absolute Gasteiger partial charge is 0.407 e. The second-order valence-corrected chi connectivity index (χ2v) is 6.86. The molecule has 1 aromatic heterocycles. The van der Waals surface area contributed by atoms with Gasteiger partial charge in [-0.1, -0.05) is 48.5 Å². The highest BCUT2D eigenvalue weighted by Gasteiger charge is 2.30. The minimum Gasteiger partial charge on any atom is -0.480 e. The van der Waals surface area contributed by atoms with Crippen molar-refractivity contribution in [2.75, 3.05) is 6.61 Å². The van der Waals surface area contributed by atoms with E-state index in [4.69, 9.17) is 4.74 Å². The number of carboxylic acid groups (broad SMARTS) is 1. The summed E-state index contributed by atoms with van der Waals surface area (Å²) in [4.78, 5) is 27.8. The van der Waals surface area contributed by atoms with Crippen LogP contribution in [0.3, 0.4) is 0 Å². The molecule has 1 atom stereocenters. The maximum atomic E-state index is 12.3. The zero-order chi connectivity index (χ0) is 20.4. The monoisotopic (exact) mass is 392 g/mol. The Morgan fingerprint density at radius 2 is 1.76 bits per heavy atom. The van der Waals surface area contributed by atoms with Crippen LogP contribution >= 0.6 is 0 Å². The van der Waals surface area contributed by atoms with Crippen LogP contribution in [0.15, 0.2) is 54.9 Å². The van der Waals surface area contributed by atoms with Gasteiger partial charge in [0, 0.05) is 19.4 Å². The molecule has 0 spiro atoms. The number of aliphatic carboxylic acids is 1. The molecule has 0 fully saturated rings. The number of amides is 1. The van der Waals surface area contributed by atoms with E-state index in [2.05, 4.69) is 27.5 Å².